The molecule has 0 bridgehead atoms. The first-order valence-electron chi connectivity index (χ1n) is 7.35. The highest BCUT2D eigenvalue weighted by atomic mass is 15.1. The Labute approximate surface area is 111 Å². The van der Waals surface area contributed by atoms with Crippen molar-refractivity contribution in [3.05, 3.63) is 34.9 Å². The first kappa shape index (κ1) is 13.6. The zero-order chi connectivity index (χ0) is 13.0. The maximum absolute atomic E-state index is 3.60. The zero-order valence-corrected chi connectivity index (χ0v) is 12.0. The highest BCUT2D eigenvalue weighted by molar-refractivity contribution is 5.36. The lowest BCUT2D eigenvalue weighted by Gasteiger charge is -2.27. The Morgan fingerprint density at radius 3 is 2.67 bits per heavy atom. The summed E-state index contributed by atoms with van der Waals surface area (Å²) in [7, 11) is 0. The van der Waals surface area contributed by atoms with Crippen LogP contribution >= 0.6 is 0 Å². The third-order valence-corrected chi connectivity index (χ3v) is 4.08. The number of fused-ring (bicyclic) bond motifs is 1. The van der Waals surface area contributed by atoms with Crippen molar-refractivity contribution in [3.63, 3.8) is 0 Å². The number of benzene rings is 1. The van der Waals surface area contributed by atoms with E-state index in [2.05, 4.69) is 49.2 Å². The van der Waals surface area contributed by atoms with E-state index in [1.807, 2.05) is 0 Å². The number of nitrogens with zero attached hydrogens (tertiary/aromatic N) is 1. The minimum absolute atomic E-state index is 0.566. The molecule has 0 saturated carbocycles. The lowest BCUT2D eigenvalue weighted by molar-refractivity contribution is 0.295. The minimum Gasteiger partial charge on any atom is -0.310 e. The number of hydrogen-bond acceptors (Lipinski definition) is 2. The first-order chi connectivity index (χ1) is 8.78. The fourth-order valence-electron chi connectivity index (χ4n) is 2.87. The Morgan fingerprint density at radius 1 is 1.22 bits per heavy atom. The first-order valence-corrected chi connectivity index (χ1v) is 7.35. The van der Waals surface area contributed by atoms with Gasteiger partial charge >= 0.3 is 0 Å². The van der Waals surface area contributed by atoms with E-state index in [4.69, 9.17) is 0 Å². The van der Waals surface area contributed by atoms with Crippen molar-refractivity contribution >= 4 is 0 Å². The SMILES string of the molecule is CCC1NCCc2cc(CN(CC)CC)ccc21. The van der Waals surface area contributed by atoms with Gasteiger partial charge in [-0.1, -0.05) is 39.0 Å². The standard InChI is InChI=1S/C16H26N2/c1-4-16-15-8-7-13(12-18(5-2)6-3)11-14(15)9-10-17-16/h7-8,11,16-17H,4-6,9-10,12H2,1-3H3. The van der Waals surface area contributed by atoms with Gasteiger partial charge < -0.3 is 5.32 Å². The molecule has 2 rings (SSSR count). The van der Waals surface area contributed by atoms with E-state index >= 15 is 0 Å². The van der Waals surface area contributed by atoms with Crippen molar-refractivity contribution in [1.29, 1.82) is 0 Å². The Kier molecular flexibility index (Phi) is 4.79. The molecule has 1 aliphatic rings. The lowest BCUT2D eigenvalue weighted by atomic mass is 9.91. The lowest BCUT2D eigenvalue weighted by Crippen LogP contribution is -2.29. The average Bonchev–Trinajstić information content (AvgIpc) is 2.43. The molecule has 1 N–H and O–H groups in total. The van der Waals surface area contributed by atoms with E-state index in [1.54, 1.807) is 5.56 Å². The largest absolute Gasteiger partial charge is 0.310 e. The molecular formula is C16H26N2. The van der Waals surface area contributed by atoms with Gasteiger partial charge in [0, 0.05) is 12.6 Å². The summed E-state index contributed by atoms with van der Waals surface area (Å²) >= 11 is 0. The van der Waals surface area contributed by atoms with Crippen LogP contribution in [0.2, 0.25) is 0 Å². The number of rotatable bonds is 5. The summed E-state index contributed by atoms with van der Waals surface area (Å²) < 4.78 is 0. The molecular weight excluding hydrogens is 220 g/mol. The van der Waals surface area contributed by atoms with Crippen LogP contribution in [0, 0.1) is 0 Å². The average molecular weight is 246 g/mol. The maximum Gasteiger partial charge on any atom is 0.0320 e. The van der Waals surface area contributed by atoms with Gasteiger partial charge in [-0.15, -0.1) is 0 Å². The molecule has 0 radical (unpaired) electrons. The van der Waals surface area contributed by atoms with Gasteiger partial charge in [0.05, 0.1) is 0 Å². The van der Waals surface area contributed by atoms with E-state index in [1.165, 1.54) is 24.0 Å². The molecule has 1 heterocycles. The van der Waals surface area contributed by atoms with E-state index in [-0.39, 0.29) is 0 Å². The monoisotopic (exact) mass is 246 g/mol. The van der Waals surface area contributed by atoms with Gasteiger partial charge in [-0.2, -0.15) is 0 Å². The van der Waals surface area contributed by atoms with E-state index in [0.29, 0.717) is 6.04 Å². The van der Waals surface area contributed by atoms with Gasteiger partial charge in [0.1, 0.15) is 0 Å². The van der Waals surface area contributed by atoms with E-state index in [0.717, 1.165) is 26.2 Å². The highest BCUT2D eigenvalue weighted by Crippen LogP contribution is 2.26. The van der Waals surface area contributed by atoms with Crippen LogP contribution in [0.3, 0.4) is 0 Å². The van der Waals surface area contributed by atoms with Crippen LogP contribution < -0.4 is 5.32 Å². The Morgan fingerprint density at radius 2 is 2.00 bits per heavy atom. The summed E-state index contributed by atoms with van der Waals surface area (Å²) in [5, 5.41) is 3.60. The topological polar surface area (TPSA) is 15.3 Å². The second kappa shape index (κ2) is 6.35. The summed E-state index contributed by atoms with van der Waals surface area (Å²) in [6.07, 6.45) is 2.36. The van der Waals surface area contributed by atoms with Gasteiger partial charge in [-0.25, -0.2) is 0 Å². The molecule has 1 aromatic carbocycles. The maximum atomic E-state index is 3.60. The summed E-state index contributed by atoms with van der Waals surface area (Å²) in [5.74, 6) is 0. The number of hydrogen-bond donors (Lipinski definition) is 1. The van der Waals surface area contributed by atoms with E-state index in [9.17, 15) is 0 Å². The quantitative estimate of drug-likeness (QED) is 0.858. The van der Waals surface area contributed by atoms with Crippen molar-refractivity contribution in [1.82, 2.24) is 10.2 Å². The predicted molar refractivity (Wildman–Crippen MR) is 77.8 cm³/mol. The van der Waals surface area contributed by atoms with Crippen LogP contribution in [-0.2, 0) is 13.0 Å². The van der Waals surface area contributed by atoms with Crippen LogP contribution in [0.25, 0.3) is 0 Å². The third-order valence-electron chi connectivity index (χ3n) is 4.08. The fraction of sp³-hybridized carbons (Fsp3) is 0.625. The zero-order valence-electron chi connectivity index (χ0n) is 12.0. The van der Waals surface area contributed by atoms with Crippen LogP contribution in [-0.4, -0.2) is 24.5 Å². The van der Waals surface area contributed by atoms with Crippen LogP contribution in [0.1, 0.15) is 49.9 Å². The van der Waals surface area contributed by atoms with Crippen LogP contribution in [0.5, 0.6) is 0 Å². The van der Waals surface area contributed by atoms with Crippen molar-refractivity contribution in [2.45, 2.75) is 46.2 Å². The molecule has 0 fully saturated rings. The summed E-state index contributed by atoms with van der Waals surface area (Å²) in [6, 6.07) is 7.65. The normalized spacial score (nSPS) is 19.0. The minimum atomic E-state index is 0.566. The molecule has 2 heteroatoms. The third kappa shape index (κ3) is 2.93. The van der Waals surface area contributed by atoms with Gasteiger partial charge in [0.2, 0.25) is 0 Å². The van der Waals surface area contributed by atoms with Gasteiger partial charge in [-0.05, 0) is 49.2 Å². The number of nitrogens with one attached hydrogen (secondary N) is 1. The molecule has 0 amide bonds. The van der Waals surface area contributed by atoms with Crippen molar-refractivity contribution in [3.8, 4) is 0 Å². The summed E-state index contributed by atoms with van der Waals surface area (Å²) in [5.41, 5.74) is 4.55. The molecule has 100 valence electrons. The molecule has 1 atom stereocenters. The van der Waals surface area contributed by atoms with Crippen molar-refractivity contribution in [2.24, 2.45) is 0 Å². The summed E-state index contributed by atoms with van der Waals surface area (Å²) in [4.78, 5) is 2.47. The smallest absolute Gasteiger partial charge is 0.0320 e. The summed E-state index contributed by atoms with van der Waals surface area (Å²) in [6.45, 7) is 11.2. The van der Waals surface area contributed by atoms with Crippen molar-refractivity contribution < 1.29 is 0 Å². The molecule has 1 unspecified atom stereocenters. The molecule has 0 spiro atoms. The molecule has 18 heavy (non-hydrogen) atoms. The van der Waals surface area contributed by atoms with Gasteiger partial charge in [0.15, 0.2) is 0 Å². The second-order valence-electron chi connectivity index (χ2n) is 5.16. The molecule has 0 saturated heterocycles. The molecule has 2 nitrogen and oxygen atoms in total. The molecule has 0 aromatic heterocycles. The van der Waals surface area contributed by atoms with Crippen LogP contribution in [0.4, 0.5) is 0 Å². The second-order valence-corrected chi connectivity index (χ2v) is 5.16. The van der Waals surface area contributed by atoms with Gasteiger partial charge in [0.25, 0.3) is 0 Å². The molecule has 0 aliphatic carbocycles. The van der Waals surface area contributed by atoms with Crippen LogP contribution in [0.15, 0.2) is 18.2 Å². The Hall–Kier alpha value is -0.860. The Balaban J connectivity index is 2.16. The predicted octanol–water partition coefficient (Wildman–Crippen LogP) is 3.13. The fourth-order valence-corrected chi connectivity index (χ4v) is 2.87. The Bertz CT molecular complexity index is 383. The molecule has 1 aliphatic heterocycles. The highest BCUT2D eigenvalue weighted by Gasteiger charge is 2.18. The van der Waals surface area contributed by atoms with E-state index < -0.39 is 0 Å². The molecule has 1 aromatic rings. The van der Waals surface area contributed by atoms with Gasteiger partial charge in [-0.3, -0.25) is 4.90 Å². The van der Waals surface area contributed by atoms with Crippen molar-refractivity contribution in [2.75, 3.05) is 19.6 Å².